The molecular formula is C49H50N5O7P. The Hall–Kier alpha value is -6.27. The van der Waals surface area contributed by atoms with Crippen LogP contribution in [0.1, 0.15) is 33.4 Å². The largest absolute Gasteiger partial charge is 0.481 e. The highest BCUT2D eigenvalue weighted by Crippen LogP contribution is 2.50. The molecule has 0 radical (unpaired) electrons. The van der Waals surface area contributed by atoms with Gasteiger partial charge in [-0.2, -0.15) is 5.10 Å². The zero-order chi connectivity index (χ0) is 42.9. The zero-order valence-corrected chi connectivity index (χ0v) is 35.0. The van der Waals surface area contributed by atoms with Crippen LogP contribution in [0.4, 0.5) is 10.6 Å². The molecule has 7 aromatic rings. The molecule has 1 saturated heterocycles. The van der Waals surface area contributed by atoms with Crippen molar-refractivity contribution in [3.8, 4) is 5.75 Å². The van der Waals surface area contributed by atoms with Crippen LogP contribution in [0, 0.1) is 0 Å². The normalized spacial score (nSPS) is 18.2. The molecule has 1 aromatic heterocycles. The monoisotopic (exact) mass is 851 g/mol. The van der Waals surface area contributed by atoms with E-state index >= 15 is 4.79 Å². The molecule has 1 aliphatic heterocycles. The summed E-state index contributed by atoms with van der Waals surface area (Å²) in [6, 6.07) is 49.0. The fourth-order valence-electron chi connectivity index (χ4n) is 7.88. The highest BCUT2D eigenvalue weighted by Gasteiger charge is 2.46. The van der Waals surface area contributed by atoms with E-state index in [0.717, 1.165) is 38.7 Å². The van der Waals surface area contributed by atoms with Crippen LogP contribution in [0.2, 0.25) is 0 Å². The Morgan fingerprint density at radius 3 is 1.58 bits per heavy atom. The second-order valence-corrected chi connectivity index (χ2v) is 17.6. The number of rotatable bonds is 17. The summed E-state index contributed by atoms with van der Waals surface area (Å²) in [5.41, 5.74) is 11.9. The van der Waals surface area contributed by atoms with Gasteiger partial charge >= 0.3 is 13.6 Å². The topological polar surface area (TPSA) is 163 Å². The van der Waals surface area contributed by atoms with E-state index in [2.05, 4.69) is 10.2 Å². The lowest BCUT2D eigenvalue weighted by molar-refractivity contribution is -0.0408. The minimum atomic E-state index is -3.81. The van der Waals surface area contributed by atoms with Crippen LogP contribution in [0.25, 0.3) is 10.9 Å². The number of aliphatic hydroxyl groups is 2. The number of nitrogen functional groups attached to an aromatic ring is 1. The van der Waals surface area contributed by atoms with Crippen molar-refractivity contribution < 1.29 is 33.4 Å². The van der Waals surface area contributed by atoms with Gasteiger partial charge in [0.2, 0.25) is 0 Å². The van der Waals surface area contributed by atoms with Crippen molar-refractivity contribution in [3.05, 3.63) is 197 Å². The number of amides is 2. The molecular weight excluding hydrogens is 802 g/mol. The third-order valence-electron chi connectivity index (χ3n) is 11.2. The van der Waals surface area contributed by atoms with Crippen LogP contribution in [-0.2, 0) is 52.8 Å². The van der Waals surface area contributed by atoms with E-state index < -0.39 is 31.9 Å². The van der Waals surface area contributed by atoms with E-state index in [1.54, 1.807) is 28.0 Å². The molecule has 0 aliphatic carbocycles. The summed E-state index contributed by atoms with van der Waals surface area (Å²) in [7, 11) is -3.81. The Morgan fingerprint density at radius 1 is 0.597 bits per heavy atom. The van der Waals surface area contributed by atoms with Crippen molar-refractivity contribution in [1.82, 2.24) is 20.0 Å². The number of nitrogens with one attached hydrogen (secondary N) is 1. The number of aromatic amines is 1. The fourth-order valence-corrected chi connectivity index (χ4v) is 9.10. The molecule has 4 atom stereocenters. The van der Waals surface area contributed by atoms with Gasteiger partial charge in [0.1, 0.15) is 18.0 Å². The van der Waals surface area contributed by atoms with Crippen LogP contribution in [0.15, 0.2) is 164 Å². The number of benzene rings is 6. The maximum atomic E-state index is 15.3. The number of aliphatic hydroxyl groups excluding tert-OH is 2. The predicted molar refractivity (Wildman–Crippen MR) is 239 cm³/mol. The molecule has 0 spiro atoms. The molecule has 318 valence electrons. The van der Waals surface area contributed by atoms with Gasteiger partial charge in [-0.3, -0.25) is 9.66 Å². The van der Waals surface area contributed by atoms with Crippen molar-refractivity contribution in [2.75, 3.05) is 12.1 Å². The first-order chi connectivity index (χ1) is 30.2. The van der Waals surface area contributed by atoms with E-state index in [4.69, 9.17) is 19.5 Å². The molecule has 1 fully saturated rings. The van der Waals surface area contributed by atoms with Gasteiger partial charge < -0.3 is 39.5 Å². The number of ether oxygens (including phenoxy) is 1. The summed E-state index contributed by atoms with van der Waals surface area (Å²) in [5.74, 6) is 0.732. The Morgan fingerprint density at radius 2 is 1.06 bits per heavy atom. The van der Waals surface area contributed by atoms with Gasteiger partial charge in [0.15, 0.2) is 12.2 Å². The maximum absolute atomic E-state index is 15.3. The highest BCUT2D eigenvalue weighted by molar-refractivity contribution is 7.53. The SMILES string of the molecule is Nc1n[nH]c2ccc(CN3C(=O)N(Cc4cccc(OCP(=O)(OCc5ccccc5)OCc5ccccc5)c4)[C@H](Cc4ccccc4)[C@H](O)[C@@H](O)[C@H]3Cc3ccccc3)cc12. The highest BCUT2D eigenvalue weighted by atomic mass is 31.2. The van der Waals surface area contributed by atoms with Crippen LogP contribution in [0.5, 0.6) is 5.75 Å². The summed E-state index contributed by atoms with van der Waals surface area (Å²) < 4.78 is 32.3. The second-order valence-electron chi connectivity index (χ2n) is 15.6. The molecule has 0 bridgehead atoms. The van der Waals surface area contributed by atoms with Crippen LogP contribution < -0.4 is 10.5 Å². The maximum Gasteiger partial charge on any atom is 0.368 e. The lowest BCUT2D eigenvalue weighted by Crippen LogP contribution is -2.50. The number of fused-ring (bicyclic) bond motifs is 1. The molecule has 5 N–H and O–H groups in total. The summed E-state index contributed by atoms with van der Waals surface area (Å²) >= 11 is 0. The first-order valence-electron chi connectivity index (χ1n) is 20.6. The molecule has 0 unspecified atom stereocenters. The minimum Gasteiger partial charge on any atom is -0.481 e. The van der Waals surface area contributed by atoms with Gasteiger partial charge in [-0.05, 0) is 70.5 Å². The van der Waals surface area contributed by atoms with Crippen LogP contribution >= 0.6 is 7.60 Å². The first kappa shape index (κ1) is 42.4. The Balaban J connectivity index is 1.10. The van der Waals surface area contributed by atoms with Crippen molar-refractivity contribution in [2.24, 2.45) is 0 Å². The molecule has 2 heterocycles. The second kappa shape index (κ2) is 19.6. The van der Waals surface area contributed by atoms with E-state index in [0.29, 0.717) is 23.6 Å². The number of hydrogen-bond donors (Lipinski definition) is 4. The number of urea groups is 1. The zero-order valence-electron chi connectivity index (χ0n) is 34.1. The minimum absolute atomic E-state index is 0.0618. The number of nitrogens with zero attached hydrogens (tertiary/aromatic N) is 3. The lowest BCUT2D eigenvalue weighted by atomic mass is 9.91. The predicted octanol–water partition coefficient (Wildman–Crippen LogP) is 8.49. The van der Waals surface area contributed by atoms with Crippen LogP contribution in [0.3, 0.4) is 0 Å². The first-order valence-corrected chi connectivity index (χ1v) is 22.4. The van der Waals surface area contributed by atoms with Crippen molar-refractivity contribution >= 4 is 30.3 Å². The number of nitrogens with two attached hydrogens (primary N) is 1. The third-order valence-corrected chi connectivity index (χ3v) is 12.7. The summed E-state index contributed by atoms with van der Waals surface area (Å²) in [6.07, 6.45) is -2.41. The molecule has 0 saturated carbocycles. The average molecular weight is 852 g/mol. The van der Waals surface area contributed by atoms with Gasteiger partial charge in [-0.15, -0.1) is 0 Å². The molecule has 6 aromatic carbocycles. The molecule has 8 rings (SSSR count). The van der Waals surface area contributed by atoms with Gasteiger partial charge in [-0.25, -0.2) is 4.79 Å². The van der Waals surface area contributed by atoms with Crippen molar-refractivity contribution in [2.45, 2.75) is 63.4 Å². The van der Waals surface area contributed by atoms with Gasteiger partial charge in [-0.1, -0.05) is 140 Å². The number of hydrogen-bond acceptors (Lipinski definition) is 9. The Bertz CT molecular complexity index is 2530. The van der Waals surface area contributed by atoms with Crippen molar-refractivity contribution in [3.63, 3.8) is 0 Å². The van der Waals surface area contributed by atoms with E-state index in [1.165, 1.54) is 0 Å². The number of carbonyl (C=O) groups excluding carboxylic acids is 1. The smallest absolute Gasteiger partial charge is 0.368 e. The summed E-state index contributed by atoms with van der Waals surface area (Å²) in [4.78, 5) is 18.6. The Kier molecular flexibility index (Phi) is 13.4. The van der Waals surface area contributed by atoms with Gasteiger partial charge in [0, 0.05) is 18.5 Å². The number of H-pyrrole nitrogens is 1. The van der Waals surface area contributed by atoms with Gasteiger partial charge in [0.05, 0.1) is 30.8 Å². The summed E-state index contributed by atoms with van der Waals surface area (Å²) in [5, 5.41) is 32.2. The third kappa shape index (κ3) is 10.4. The lowest BCUT2D eigenvalue weighted by Gasteiger charge is -2.36. The quantitative estimate of drug-likeness (QED) is 0.0658. The number of aromatic nitrogens is 2. The van der Waals surface area contributed by atoms with Crippen LogP contribution in [-0.4, -0.2) is 66.9 Å². The van der Waals surface area contributed by atoms with E-state index in [9.17, 15) is 14.8 Å². The van der Waals surface area contributed by atoms with Gasteiger partial charge in [0.25, 0.3) is 0 Å². The molecule has 2 amide bonds. The standard InChI is InChI=1S/C49H50N5O7P/c50-48-42-27-40(24-25-43(42)51-52-48)31-54-45(29-36-16-7-2-8-17-36)47(56)46(55)44(28-35-14-5-1-6-15-35)53(49(54)57)30-39-22-13-23-41(26-39)59-34-62(58,60-32-37-18-9-3-10-19-37)61-33-38-20-11-4-12-21-38/h1-27,44-47,55-56H,28-34H2,(H3,50,51,52)/t44-,45-,46+,47+/m1/s1. The molecule has 62 heavy (non-hydrogen) atoms. The average Bonchev–Trinajstić information content (AvgIpc) is 3.67. The molecule has 1 aliphatic rings. The molecule has 13 heteroatoms. The van der Waals surface area contributed by atoms with Crippen molar-refractivity contribution in [1.29, 1.82) is 0 Å². The Labute approximate surface area is 361 Å². The van der Waals surface area contributed by atoms with E-state index in [1.807, 2.05) is 146 Å². The number of carbonyl (C=O) groups is 1. The van der Waals surface area contributed by atoms with E-state index in [-0.39, 0.29) is 45.1 Å². The fraction of sp³-hybridized carbons (Fsp3) is 0.224. The number of anilines is 1. The molecule has 12 nitrogen and oxygen atoms in total. The summed E-state index contributed by atoms with van der Waals surface area (Å²) in [6.45, 7) is 0.316.